The topological polar surface area (TPSA) is 183 Å². The van der Waals surface area contributed by atoms with E-state index in [0.29, 0.717) is 0 Å². The Balaban J connectivity index is 3.28. The smallest absolute Gasteiger partial charge is 0.336 e. The monoisotopic (exact) mass is 249 g/mol. The van der Waals surface area contributed by atoms with E-state index in [4.69, 9.17) is 41.2 Å². The molecular weight excluding hydrogens is 240 g/mol. The molecule has 1 rings (SSSR count). The van der Waals surface area contributed by atoms with Gasteiger partial charge in [-0.15, -0.1) is 0 Å². The second-order valence-electron chi connectivity index (χ2n) is 3.65. The lowest BCUT2D eigenvalue weighted by molar-refractivity contribution is -0.572. The second kappa shape index (κ2) is 3.39. The van der Waals surface area contributed by atoms with Crippen molar-refractivity contribution in [1.82, 2.24) is 5.32 Å². The summed E-state index contributed by atoms with van der Waals surface area (Å²) in [5.74, 6) is -12.0. The zero-order valence-electron chi connectivity index (χ0n) is 8.14. The first-order valence-electron chi connectivity index (χ1n) is 4.02. The average molecular weight is 249 g/mol. The van der Waals surface area contributed by atoms with Gasteiger partial charge in [-0.1, -0.05) is 0 Å². The van der Waals surface area contributed by atoms with Gasteiger partial charge in [0.25, 0.3) is 5.79 Å². The molecule has 10 nitrogen and oxygen atoms in total. The van der Waals surface area contributed by atoms with E-state index in [2.05, 4.69) is 4.74 Å². The molecule has 0 amide bonds. The molecular formula is C5H9B2NO9. The van der Waals surface area contributed by atoms with E-state index >= 15 is 0 Å². The fourth-order valence-electron chi connectivity index (χ4n) is 1.14. The van der Waals surface area contributed by atoms with E-state index in [1.54, 1.807) is 0 Å². The van der Waals surface area contributed by atoms with Crippen LogP contribution in [0, 0.1) is 0 Å². The molecule has 0 bridgehead atoms. The first-order chi connectivity index (χ1) is 7.16. The Hall–Kier alpha value is -0.270. The first kappa shape index (κ1) is 14.8. The van der Waals surface area contributed by atoms with E-state index in [-0.39, 0.29) is 0 Å². The number of ether oxygens (including phenoxy) is 1. The Morgan fingerprint density at radius 2 is 1.29 bits per heavy atom. The van der Waals surface area contributed by atoms with Crippen LogP contribution in [0.25, 0.3) is 0 Å². The highest BCUT2D eigenvalue weighted by atomic mass is 16.9. The molecule has 1 heterocycles. The van der Waals surface area contributed by atoms with Crippen molar-refractivity contribution in [3.8, 4) is 0 Å². The van der Waals surface area contributed by atoms with Crippen molar-refractivity contribution in [1.29, 1.82) is 0 Å². The number of hydrogen-bond donors (Lipinski definition) is 9. The Morgan fingerprint density at radius 1 is 0.882 bits per heavy atom. The van der Waals surface area contributed by atoms with E-state index in [1.807, 2.05) is 0 Å². The number of hydrogen-bond acceptors (Lipinski definition) is 10. The number of nitrogens with one attached hydrogen (secondary N) is 1. The predicted octanol–water partition coefficient (Wildman–Crippen LogP) is -6.81. The quantitative estimate of drug-likeness (QED) is 0.160. The van der Waals surface area contributed by atoms with E-state index < -0.39 is 29.0 Å². The summed E-state index contributed by atoms with van der Waals surface area (Å²) < 4.78 is 3.76. The Kier molecular flexibility index (Phi) is 2.95. The minimum atomic E-state index is -4.23. The fourth-order valence-corrected chi connectivity index (χ4v) is 1.14. The maximum atomic E-state index is 9.41. The number of aliphatic hydroxyl groups is 8. The lowest BCUT2D eigenvalue weighted by atomic mass is 9.74. The molecule has 94 valence electrons. The van der Waals surface area contributed by atoms with Gasteiger partial charge >= 0.3 is 11.9 Å². The molecule has 0 spiro atoms. The van der Waals surface area contributed by atoms with Crippen molar-refractivity contribution in [2.45, 2.75) is 29.0 Å². The van der Waals surface area contributed by atoms with Gasteiger partial charge in [0.15, 0.2) is 5.62 Å². The molecule has 0 aliphatic carbocycles. The third-order valence-electron chi connectivity index (χ3n) is 2.14. The van der Waals surface area contributed by atoms with Crippen LogP contribution in [0.1, 0.15) is 0 Å². The Labute approximate surface area is 96.5 Å². The molecule has 17 heavy (non-hydrogen) atoms. The van der Waals surface area contributed by atoms with Crippen LogP contribution in [-0.2, 0) is 4.74 Å². The summed E-state index contributed by atoms with van der Waals surface area (Å²) in [5.41, 5.74) is -6.75. The van der Waals surface area contributed by atoms with Gasteiger partial charge in [-0.05, 0) is 0 Å². The van der Waals surface area contributed by atoms with Crippen LogP contribution in [0.4, 0.5) is 0 Å². The molecule has 1 aliphatic heterocycles. The molecule has 3 atom stereocenters. The SMILES string of the molecule is [B]C1(O)NC([B])(O)C(O)(C(O)(O)O)OC1(O)O. The number of rotatable bonds is 1. The van der Waals surface area contributed by atoms with Crippen LogP contribution >= 0.6 is 0 Å². The van der Waals surface area contributed by atoms with E-state index in [1.165, 1.54) is 5.32 Å². The summed E-state index contributed by atoms with van der Waals surface area (Å²) >= 11 is 0. The van der Waals surface area contributed by atoms with Crippen molar-refractivity contribution in [3.63, 3.8) is 0 Å². The summed E-state index contributed by atoms with van der Waals surface area (Å²) in [5, 5.41) is 73.6. The lowest BCUT2D eigenvalue weighted by Crippen LogP contribution is -2.88. The van der Waals surface area contributed by atoms with Crippen molar-refractivity contribution in [2.75, 3.05) is 0 Å². The molecule has 1 saturated heterocycles. The molecule has 3 unspecified atom stereocenters. The zero-order chi connectivity index (χ0) is 13.9. The summed E-state index contributed by atoms with van der Waals surface area (Å²) in [6, 6.07) is 0. The van der Waals surface area contributed by atoms with Crippen LogP contribution in [0.3, 0.4) is 0 Å². The maximum absolute atomic E-state index is 9.41. The van der Waals surface area contributed by atoms with Gasteiger partial charge in [0.2, 0.25) is 0 Å². The fraction of sp³-hybridized carbons (Fsp3) is 1.00. The highest BCUT2D eigenvalue weighted by molar-refractivity contribution is 6.18. The maximum Gasteiger partial charge on any atom is 0.336 e. The minimum absolute atomic E-state index is 1.23. The second-order valence-corrected chi connectivity index (χ2v) is 3.65. The van der Waals surface area contributed by atoms with Gasteiger partial charge in [-0.25, -0.2) is 0 Å². The van der Waals surface area contributed by atoms with Crippen molar-refractivity contribution in [3.05, 3.63) is 0 Å². The molecule has 4 radical (unpaired) electrons. The highest BCUT2D eigenvalue weighted by Crippen LogP contribution is 2.39. The van der Waals surface area contributed by atoms with Crippen LogP contribution in [0.2, 0.25) is 0 Å². The third kappa shape index (κ3) is 1.98. The molecule has 1 aliphatic rings. The molecule has 1 fully saturated rings. The van der Waals surface area contributed by atoms with Gasteiger partial charge in [0, 0.05) is 0 Å². The number of morpholine rings is 1. The summed E-state index contributed by atoms with van der Waals surface area (Å²) in [4.78, 5) is 0. The van der Waals surface area contributed by atoms with Crippen LogP contribution in [-0.4, -0.2) is 85.5 Å². The Bertz CT molecular complexity index is 326. The van der Waals surface area contributed by atoms with Crippen molar-refractivity contribution in [2.24, 2.45) is 0 Å². The lowest BCUT2D eigenvalue weighted by Gasteiger charge is -2.57. The summed E-state index contributed by atoms with van der Waals surface area (Å²) in [7, 11) is 9.69. The minimum Gasteiger partial charge on any atom is -0.379 e. The Morgan fingerprint density at radius 3 is 1.65 bits per heavy atom. The standard InChI is InChI=1S/C5H9B2NO9/c6-2(10)1(9,4(12,13)14)17-5(15,16)3(7,11)8-2/h8-16H. The van der Waals surface area contributed by atoms with Crippen LogP contribution in [0.5, 0.6) is 0 Å². The van der Waals surface area contributed by atoms with Crippen LogP contribution < -0.4 is 5.32 Å². The average Bonchev–Trinajstić information content (AvgIpc) is 1.95. The van der Waals surface area contributed by atoms with Gasteiger partial charge in [-0.2, -0.15) is 0 Å². The normalized spacial score (nSPS) is 46.8. The van der Waals surface area contributed by atoms with Crippen molar-refractivity contribution >= 4 is 15.7 Å². The molecule has 0 aromatic rings. The molecule has 9 N–H and O–H groups in total. The van der Waals surface area contributed by atoms with Gasteiger partial charge in [0.05, 0.1) is 0 Å². The zero-order valence-corrected chi connectivity index (χ0v) is 8.14. The molecule has 12 heteroatoms. The van der Waals surface area contributed by atoms with Crippen molar-refractivity contribution < 1.29 is 45.6 Å². The summed E-state index contributed by atoms with van der Waals surface area (Å²) in [6.45, 7) is 0. The first-order valence-corrected chi connectivity index (χ1v) is 4.02. The highest BCUT2D eigenvalue weighted by Gasteiger charge is 2.71. The summed E-state index contributed by atoms with van der Waals surface area (Å²) in [6.07, 6.45) is 0. The van der Waals surface area contributed by atoms with Crippen LogP contribution in [0.15, 0.2) is 0 Å². The molecule has 0 saturated carbocycles. The molecule has 0 aromatic carbocycles. The van der Waals surface area contributed by atoms with Gasteiger partial charge in [-0.3, -0.25) is 10.1 Å². The molecule has 0 aromatic heterocycles. The largest absolute Gasteiger partial charge is 0.379 e. The van der Waals surface area contributed by atoms with E-state index in [0.717, 1.165) is 0 Å². The van der Waals surface area contributed by atoms with Gasteiger partial charge < -0.3 is 40.9 Å². The van der Waals surface area contributed by atoms with E-state index in [9.17, 15) is 15.3 Å². The third-order valence-corrected chi connectivity index (χ3v) is 2.14. The van der Waals surface area contributed by atoms with Gasteiger partial charge in [0.1, 0.15) is 21.3 Å². The predicted molar refractivity (Wildman–Crippen MR) is 47.1 cm³/mol.